The van der Waals surface area contributed by atoms with E-state index in [1.54, 1.807) is 56.3 Å². The molecule has 3 aliphatic heterocycles. The largest absolute Gasteiger partial charge is 0.370 e. The molecule has 2 saturated heterocycles. The summed E-state index contributed by atoms with van der Waals surface area (Å²) < 4.78 is 28.0. The fraction of sp³-hybridized carbons (Fsp3) is 0.475. The highest BCUT2D eigenvalue weighted by atomic mass is 19.3. The van der Waals surface area contributed by atoms with E-state index in [0.29, 0.717) is 47.8 Å². The topological polar surface area (TPSA) is 250 Å². The number of unbranched alkanes of at least 4 members (excludes halogenated alkanes) is 7. The van der Waals surface area contributed by atoms with Crippen molar-refractivity contribution < 1.29 is 51.9 Å². The lowest BCUT2D eigenvalue weighted by Crippen LogP contribution is -2.56. The molecule has 0 aliphatic carbocycles. The fourth-order valence-corrected chi connectivity index (χ4v) is 10.4. The van der Waals surface area contributed by atoms with Crippen LogP contribution in [0.5, 0.6) is 0 Å². The highest BCUT2D eigenvalue weighted by molar-refractivity contribution is 6.06. The van der Waals surface area contributed by atoms with E-state index in [0.717, 1.165) is 63.0 Å². The standard InChI is InChI=1S/C59H70F2N8O9/c1-36(2)52(67-54(74)46-33-39-32-40(59(3,60)61)24-25-44(39)64-46)58(78)68-31-17-23-47(68)55(75)65-45(26-28-50(62)71)49(70)34-42(37-18-13-11-14-19-37)53(73)63-30-15-10-8-6-4-5-7-9-12-20-38-21-16-22-41-43(38)35-69(57(41)77)48-27-29-51(72)66-56(48)76/h11,13-14,16,18-19,21-22,24-25,32-33,36,42,45,47-48,52,64H,4-10,15,17,23,26-31,34-35H2,1-3H3,(H2,62,71)(H,63,73)(H,65,75)(H,67,74)(H,66,72,76)/t42-,45-,47-,48?,52-/m0/s1. The SMILES string of the molecule is CC(C)[C@H](NC(=O)c1cc2cc(C(C)(F)F)ccc2[nH]1)C(=O)N1CCC[C@H]1C(=O)N[C@@H](CCC(N)=O)C(=O)C[C@H](C(=O)NCCCCCCCCCC#Cc1cccc2c1CN(C1CCC(=O)NC1=O)C2=O)c1ccccc1. The quantitative estimate of drug-likeness (QED) is 0.0238. The summed E-state index contributed by atoms with van der Waals surface area (Å²) >= 11 is 0. The number of imide groups is 1. The van der Waals surface area contributed by atoms with Gasteiger partial charge < -0.3 is 36.5 Å². The van der Waals surface area contributed by atoms with Crippen LogP contribution in [-0.2, 0) is 46.0 Å². The lowest BCUT2D eigenvalue weighted by Gasteiger charge is -2.31. The summed E-state index contributed by atoms with van der Waals surface area (Å²) in [7, 11) is 0. The van der Waals surface area contributed by atoms with E-state index in [-0.39, 0.29) is 74.2 Å². The number of hydrogen-bond acceptors (Lipinski definition) is 9. The molecule has 7 rings (SSSR count). The van der Waals surface area contributed by atoms with Gasteiger partial charge in [0.05, 0.1) is 12.0 Å². The molecule has 414 valence electrons. The van der Waals surface area contributed by atoms with Crippen LogP contribution in [0.1, 0.15) is 166 Å². The molecule has 7 N–H and O–H groups in total. The van der Waals surface area contributed by atoms with Crippen LogP contribution in [0.2, 0.25) is 0 Å². The number of ketones is 1. The third kappa shape index (κ3) is 14.8. The molecule has 78 heavy (non-hydrogen) atoms. The molecule has 0 bridgehead atoms. The Morgan fingerprint density at radius 2 is 1.60 bits per heavy atom. The maximum atomic E-state index is 14.2. The summed E-state index contributed by atoms with van der Waals surface area (Å²) in [4.78, 5) is 125. The molecular weight excluding hydrogens is 1000 g/mol. The summed E-state index contributed by atoms with van der Waals surface area (Å²) in [6.07, 6.45) is 7.77. The fourth-order valence-electron chi connectivity index (χ4n) is 10.4. The Balaban J connectivity index is 0.865. The van der Waals surface area contributed by atoms with Crippen molar-refractivity contribution in [2.75, 3.05) is 13.1 Å². The van der Waals surface area contributed by atoms with Gasteiger partial charge in [0.1, 0.15) is 23.8 Å². The smallest absolute Gasteiger partial charge is 0.270 e. The van der Waals surface area contributed by atoms with Gasteiger partial charge in [-0.1, -0.05) is 100 Å². The van der Waals surface area contributed by atoms with Crippen molar-refractivity contribution in [2.24, 2.45) is 11.7 Å². The van der Waals surface area contributed by atoms with Crippen molar-refractivity contribution in [3.63, 3.8) is 0 Å². The highest BCUT2D eigenvalue weighted by Crippen LogP contribution is 2.32. The minimum atomic E-state index is -3.09. The monoisotopic (exact) mass is 1070 g/mol. The number of carbonyl (C=O) groups excluding carboxylic acids is 9. The lowest BCUT2D eigenvalue weighted by atomic mass is 9.89. The van der Waals surface area contributed by atoms with Gasteiger partial charge in [-0.3, -0.25) is 48.5 Å². The molecule has 2 fully saturated rings. The van der Waals surface area contributed by atoms with E-state index in [9.17, 15) is 51.9 Å². The molecule has 17 nitrogen and oxygen atoms in total. The van der Waals surface area contributed by atoms with Crippen molar-refractivity contribution in [3.05, 3.63) is 106 Å². The second kappa shape index (κ2) is 26.5. The zero-order valence-electron chi connectivity index (χ0n) is 44.5. The van der Waals surface area contributed by atoms with Crippen LogP contribution in [0, 0.1) is 17.8 Å². The number of nitrogens with one attached hydrogen (secondary N) is 5. The number of Topliss-reactive ketones (excluding diaryl/α,β-unsaturated/α-hetero) is 1. The summed E-state index contributed by atoms with van der Waals surface area (Å²) in [5.74, 6) is -2.27. The summed E-state index contributed by atoms with van der Waals surface area (Å²) in [5, 5.41) is 11.3. The molecule has 19 heteroatoms. The number of halogens is 2. The lowest BCUT2D eigenvalue weighted by molar-refractivity contribution is -0.141. The van der Waals surface area contributed by atoms with Gasteiger partial charge >= 0.3 is 0 Å². The number of amides is 8. The predicted molar refractivity (Wildman–Crippen MR) is 287 cm³/mol. The number of aromatic nitrogens is 1. The van der Waals surface area contributed by atoms with Crippen molar-refractivity contribution in [2.45, 2.75) is 160 Å². The van der Waals surface area contributed by atoms with Gasteiger partial charge in [0.25, 0.3) is 17.7 Å². The number of nitrogens with zero attached hydrogens (tertiary/aromatic N) is 2. The van der Waals surface area contributed by atoms with E-state index in [1.807, 2.05) is 6.07 Å². The van der Waals surface area contributed by atoms with Gasteiger partial charge in [-0.2, -0.15) is 0 Å². The van der Waals surface area contributed by atoms with Crippen molar-refractivity contribution in [1.29, 1.82) is 0 Å². The van der Waals surface area contributed by atoms with Crippen molar-refractivity contribution >= 4 is 63.9 Å². The minimum absolute atomic E-state index is 0.0624. The average Bonchev–Trinajstić information content (AvgIpc) is 4.22. The van der Waals surface area contributed by atoms with E-state index in [2.05, 4.69) is 38.1 Å². The van der Waals surface area contributed by atoms with Crippen molar-refractivity contribution in [3.8, 4) is 11.8 Å². The first-order valence-electron chi connectivity index (χ1n) is 27.1. The second-order valence-electron chi connectivity index (χ2n) is 21.0. The summed E-state index contributed by atoms with van der Waals surface area (Å²) in [5.41, 5.74) is 8.51. The molecular formula is C59H70F2N8O9. The van der Waals surface area contributed by atoms with E-state index >= 15 is 0 Å². The Morgan fingerprint density at radius 1 is 0.872 bits per heavy atom. The number of nitrogens with two attached hydrogens (primary N) is 1. The van der Waals surface area contributed by atoms with Gasteiger partial charge in [-0.15, -0.1) is 0 Å². The number of carbonyl (C=O) groups is 9. The Bertz CT molecular complexity index is 2960. The maximum absolute atomic E-state index is 14.2. The van der Waals surface area contributed by atoms with E-state index < -0.39 is 77.2 Å². The molecule has 0 radical (unpaired) electrons. The molecule has 3 aliphatic rings. The summed E-state index contributed by atoms with van der Waals surface area (Å²) in [6, 6.07) is 15.7. The predicted octanol–water partition coefficient (Wildman–Crippen LogP) is 6.57. The number of primary amides is 1. The van der Waals surface area contributed by atoms with Crippen LogP contribution in [0.4, 0.5) is 8.78 Å². The zero-order valence-corrected chi connectivity index (χ0v) is 44.5. The number of benzene rings is 3. The molecule has 0 spiro atoms. The number of likely N-dealkylation sites (tertiary alicyclic amines) is 1. The minimum Gasteiger partial charge on any atom is -0.370 e. The number of rotatable bonds is 25. The van der Waals surface area contributed by atoms with Crippen molar-refractivity contribution in [1.82, 2.24) is 36.1 Å². The number of H-pyrrole nitrogens is 1. The van der Waals surface area contributed by atoms with Gasteiger partial charge in [-0.25, -0.2) is 8.78 Å². The van der Waals surface area contributed by atoms with Crippen LogP contribution < -0.4 is 27.0 Å². The first-order chi connectivity index (χ1) is 37.3. The number of fused-ring (bicyclic) bond motifs is 2. The molecule has 3 aromatic carbocycles. The average molecular weight is 1070 g/mol. The van der Waals surface area contributed by atoms with Crippen LogP contribution in [0.25, 0.3) is 10.9 Å². The molecule has 1 aromatic heterocycles. The molecule has 4 aromatic rings. The highest BCUT2D eigenvalue weighted by Gasteiger charge is 2.42. The van der Waals surface area contributed by atoms with Gasteiger partial charge in [0, 0.05) is 79.8 Å². The molecule has 8 amide bonds. The normalized spacial score (nSPS) is 17.4. The Labute approximate surface area is 452 Å². The van der Waals surface area contributed by atoms with Gasteiger partial charge in [0.2, 0.25) is 35.4 Å². The zero-order chi connectivity index (χ0) is 56.1. The Morgan fingerprint density at radius 3 is 2.31 bits per heavy atom. The molecule has 4 heterocycles. The number of alkyl halides is 2. The van der Waals surface area contributed by atoms with E-state index in [4.69, 9.17) is 5.73 Å². The Hall–Kier alpha value is -7.75. The van der Waals surface area contributed by atoms with Gasteiger partial charge in [-0.05, 0) is 85.9 Å². The van der Waals surface area contributed by atoms with Gasteiger partial charge in [0.15, 0.2) is 5.78 Å². The number of aromatic amines is 1. The molecule has 0 saturated carbocycles. The Kier molecular flexibility index (Phi) is 19.7. The third-order valence-corrected chi connectivity index (χ3v) is 14.8. The van der Waals surface area contributed by atoms with E-state index in [1.165, 1.54) is 34.1 Å². The number of hydrogen-bond donors (Lipinski definition) is 6. The first-order valence-corrected chi connectivity index (χ1v) is 27.1. The summed E-state index contributed by atoms with van der Waals surface area (Å²) in [6.45, 7) is 5.13. The first kappa shape index (κ1) is 57.9. The number of piperidine rings is 1. The molecule has 5 atom stereocenters. The van der Waals surface area contributed by atoms with Crippen LogP contribution >= 0.6 is 0 Å². The van der Waals surface area contributed by atoms with Crippen LogP contribution in [0.3, 0.4) is 0 Å². The second-order valence-corrected chi connectivity index (χ2v) is 21.0. The third-order valence-electron chi connectivity index (χ3n) is 14.8. The maximum Gasteiger partial charge on any atom is 0.270 e. The van der Waals surface area contributed by atoms with Crippen LogP contribution in [-0.4, -0.2) is 105 Å². The van der Waals surface area contributed by atoms with Crippen LogP contribution in [0.15, 0.2) is 72.8 Å². The molecule has 1 unspecified atom stereocenters.